The minimum Gasteiger partial charge on any atom is -0.466 e. The molecule has 5 nitrogen and oxygen atoms in total. The molecule has 2 aromatic carbocycles. The zero-order chi connectivity index (χ0) is 21.5. The Labute approximate surface area is 185 Å². The van der Waals surface area contributed by atoms with Crippen LogP contribution in [-0.4, -0.2) is 56.9 Å². The highest BCUT2D eigenvalue weighted by Gasteiger charge is 2.25. The van der Waals surface area contributed by atoms with E-state index < -0.39 is 0 Å². The SMILES string of the molecule is CCOC(=O)CC1CCN(CCOCCN2c3ccccc3CCc3ccccc32)C1. The molecule has 0 amide bonds. The van der Waals surface area contributed by atoms with Crippen molar-refractivity contribution < 1.29 is 14.3 Å². The maximum atomic E-state index is 11.7. The number of carbonyl (C=O) groups excluding carboxylic acids is 1. The van der Waals surface area contributed by atoms with Gasteiger partial charge >= 0.3 is 5.97 Å². The molecule has 0 spiro atoms. The van der Waals surface area contributed by atoms with Crippen molar-refractivity contribution in [2.45, 2.75) is 32.6 Å². The largest absolute Gasteiger partial charge is 0.466 e. The van der Waals surface area contributed by atoms with Crippen LogP contribution < -0.4 is 4.90 Å². The smallest absolute Gasteiger partial charge is 0.306 e. The van der Waals surface area contributed by atoms with Crippen LogP contribution in [0.4, 0.5) is 11.4 Å². The lowest BCUT2D eigenvalue weighted by molar-refractivity contribution is -0.144. The standard InChI is InChI=1S/C26H34N2O3/c1-2-31-26(29)19-21-13-14-27(20-21)15-17-30-18-16-28-24-9-5-3-7-22(24)11-12-23-8-4-6-10-25(23)28/h3-10,21H,2,11-20H2,1H3. The summed E-state index contributed by atoms with van der Waals surface area (Å²) >= 11 is 0. The molecule has 0 bridgehead atoms. The first-order valence-corrected chi connectivity index (χ1v) is 11.6. The van der Waals surface area contributed by atoms with E-state index >= 15 is 0 Å². The molecule has 0 aromatic heterocycles. The van der Waals surface area contributed by atoms with E-state index in [9.17, 15) is 4.79 Å². The molecule has 0 aliphatic carbocycles. The van der Waals surface area contributed by atoms with Crippen LogP contribution in [0.25, 0.3) is 0 Å². The lowest BCUT2D eigenvalue weighted by atomic mass is 10.0. The number of aryl methyl sites for hydroxylation is 2. The Balaban J connectivity index is 1.26. The topological polar surface area (TPSA) is 42.0 Å². The van der Waals surface area contributed by atoms with Gasteiger partial charge in [0.25, 0.3) is 0 Å². The van der Waals surface area contributed by atoms with Crippen LogP contribution in [0.15, 0.2) is 48.5 Å². The van der Waals surface area contributed by atoms with E-state index in [1.807, 2.05) is 6.92 Å². The van der Waals surface area contributed by atoms with Crippen molar-refractivity contribution in [3.63, 3.8) is 0 Å². The van der Waals surface area contributed by atoms with Crippen LogP contribution >= 0.6 is 0 Å². The van der Waals surface area contributed by atoms with Gasteiger partial charge in [0.1, 0.15) is 0 Å². The number of rotatable bonds is 9. The van der Waals surface area contributed by atoms with Gasteiger partial charge in [0.15, 0.2) is 0 Å². The first-order chi connectivity index (χ1) is 15.2. The number of likely N-dealkylation sites (tertiary alicyclic amines) is 1. The summed E-state index contributed by atoms with van der Waals surface area (Å²) in [5, 5.41) is 0. The van der Waals surface area contributed by atoms with Gasteiger partial charge in [-0.25, -0.2) is 0 Å². The second-order valence-corrected chi connectivity index (χ2v) is 8.49. The zero-order valence-corrected chi connectivity index (χ0v) is 18.6. The minimum absolute atomic E-state index is 0.0661. The molecule has 0 radical (unpaired) electrons. The number of fused-ring (bicyclic) bond motifs is 2. The number of ether oxygens (including phenoxy) is 2. The summed E-state index contributed by atoms with van der Waals surface area (Å²) in [6, 6.07) is 17.5. The number of hydrogen-bond acceptors (Lipinski definition) is 5. The summed E-state index contributed by atoms with van der Waals surface area (Å²) in [5.74, 6) is 0.354. The fourth-order valence-electron chi connectivity index (χ4n) is 4.80. The Morgan fingerprint density at radius 2 is 1.61 bits per heavy atom. The van der Waals surface area contributed by atoms with E-state index in [-0.39, 0.29) is 5.97 Å². The van der Waals surface area contributed by atoms with Crippen LogP contribution in [-0.2, 0) is 27.1 Å². The first-order valence-electron chi connectivity index (χ1n) is 11.6. The van der Waals surface area contributed by atoms with Crippen LogP contribution in [0.5, 0.6) is 0 Å². The fraction of sp³-hybridized carbons (Fsp3) is 0.500. The van der Waals surface area contributed by atoms with Gasteiger partial charge in [-0.2, -0.15) is 0 Å². The van der Waals surface area contributed by atoms with Crippen molar-refractivity contribution in [3.05, 3.63) is 59.7 Å². The average Bonchev–Trinajstić information content (AvgIpc) is 3.15. The molecule has 0 saturated carbocycles. The quantitative estimate of drug-likeness (QED) is 0.447. The Morgan fingerprint density at radius 3 is 2.29 bits per heavy atom. The Kier molecular flexibility index (Phi) is 7.60. The minimum atomic E-state index is -0.0661. The molecular weight excluding hydrogens is 388 g/mol. The Bertz CT molecular complexity index is 822. The summed E-state index contributed by atoms with van der Waals surface area (Å²) in [6.45, 7) is 7.53. The normalized spacial score (nSPS) is 18.4. The van der Waals surface area contributed by atoms with Gasteiger partial charge in [0.05, 0.1) is 19.8 Å². The molecule has 4 rings (SSSR count). The van der Waals surface area contributed by atoms with Crippen LogP contribution in [0.2, 0.25) is 0 Å². The lowest BCUT2D eigenvalue weighted by Crippen LogP contribution is -2.28. The molecule has 0 N–H and O–H groups in total. The van der Waals surface area contributed by atoms with Gasteiger partial charge in [-0.15, -0.1) is 0 Å². The predicted octanol–water partition coefficient (Wildman–Crippen LogP) is 4.22. The maximum Gasteiger partial charge on any atom is 0.306 e. The number of para-hydroxylation sites is 2. The summed E-state index contributed by atoms with van der Waals surface area (Å²) in [7, 11) is 0. The second-order valence-electron chi connectivity index (χ2n) is 8.49. The lowest BCUT2D eigenvalue weighted by Gasteiger charge is -2.27. The van der Waals surface area contributed by atoms with Gasteiger partial charge in [-0.1, -0.05) is 36.4 Å². The molecule has 166 valence electrons. The summed E-state index contributed by atoms with van der Waals surface area (Å²) in [5.41, 5.74) is 5.42. The third kappa shape index (κ3) is 5.66. The highest BCUT2D eigenvalue weighted by atomic mass is 16.5. The van der Waals surface area contributed by atoms with E-state index in [0.717, 1.165) is 52.0 Å². The maximum absolute atomic E-state index is 11.7. The highest BCUT2D eigenvalue weighted by molar-refractivity contribution is 5.71. The van der Waals surface area contributed by atoms with E-state index in [1.54, 1.807) is 0 Å². The average molecular weight is 423 g/mol. The first kappa shape index (κ1) is 21.8. The number of esters is 1. The molecular formula is C26H34N2O3. The van der Waals surface area contributed by atoms with E-state index in [1.165, 1.54) is 22.5 Å². The number of nitrogens with zero attached hydrogens (tertiary/aromatic N) is 2. The number of benzene rings is 2. The number of anilines is 2. The molecule has 31 heavy (non-hydrogen) atoms. The predicted molar refractivity (Wildman–Crippen MR) is 124 cm³/mol. The molecule has 5 heteroatoms. The Hall–Kier alpha value is -2.37. The van der Waals surface area contributed by atoms with Gasteiger partial charge in [0.2, 0.25) is 0 Å². The van der Waals surface area contributed by atoms with Gasteiger partial charge in [-0.05, 0) is 61.9 Å². The van der Waals surface area contributed by atoms with Crippen molar-refractivity contribution in [1.82, 2.24) is 4.90 Å². The summed E-state index contributed by atoms with van der Waals surface area (Å²) in [4.78, 5) is 16.5. The molecule has 1 unspecified atom stereocenters. The number of carbonyl (C=O) groups is 1. The van der Waals surface area contributed by atoms with Gasteiger partial charge < -0.3 is 19.3 Å². The summed E-state index contributed by atoms with van der Waals surface area (Å²) in [6.07, 6.45) is 3.76. The monoisotopic (exact) mass is 422 g/mol. The molecule has 2 heterocycles. The second kappa shape index (κ2) is 10.8. The van der Waals surface area contributed by atoms with E-state index in [4.69, 9.17) is 9.47 Å². The van der Waals surface area contributed by atoms with E-state index in [0.29, 0.717) is 25.6 Å². The highest BCUT2D eigenvalue weighted by Crippen LogP contribution is 2.35. The van der Waals surface area contributed by atoms with Crippen molar-refractivity contribution in [2.75, 3.05) is 50.9 Å². The zero-order valence-electron chi connectivity index (χ0n) is 18.6. The molecule has 1 saturated heterocycles. The van der Waals surface area contributed by atoms with Crippen molar-refractivity contribution >= 4 is 17.3 Å². The summed E-state index contributed by atoms with van der Waals surface area (Å²) < 4.78 is 11.1. The van der Waals surface area contributed by atoms with Gasteiger partial charge in [0, 0.05) is 37.4 Å². The van der Waals surface area contributed by atoms with Gasteiger partial charge in [-0.3, -0.25) is 4.79 Å². The third-order valence-corrected chi connectivity index (χ3v) is 6.37. The van der Waals surface area contributed by atoms with Crippen molar-refractivity contribution in [1.29, 1.82) is 0 Å². The molecule has 2 aliphatic heterocycles. The molecule has 1 atom stereocenters. The van der Waals surface area contributed by atoms with Crippen LogP contribution in [0, 0.1) is 5.92 Å². The Morgan fingerprint density at radius 1 is 0.968 bits per heavy atom. The van der Waals surface area contributed by atoms with Crippen LogP contribution in [0.3, 0.4) is 0 Å². The molecule has 2 aromatic rings. The molecule has 2 aliphatic rings. The third-order valence-electron chi connectivity index (χ3n) is 6.37. The molecule has 1 fully saturated rings. The fourth-order valence-corrected chi connectivity index (χ4v) is 4.80. The number of hydrogen-bond donors (Lipinski definition) is 0. The van der Waals surface area contributed by atoms with Crippen molar-refractivity contribution in [3.8, 4) is 0 Å². The van der Waals surface area contributed by atoms with Crippen LogP contribution in [0.1, 0.15) is 30.9 Å². The van der Waals surface area contributed by atoms with E-state index in [2.05, 4.69) is 58.3 Å². The van der Waals surface area contributed by atoms with Crippen molar-refractivity contribution in [2.24, 2.45) is 5.92 Å².